The summed E-state index contributed by atoms with van der Waals surface area (Å²) in [6.45, 7) is 0.793. The van der Waals surface area contributed by atoms with E-state index in [0.717, 1.165) is 10.7 Å². The van der Waals surface area contributed by atoms with Gasteiger partial charge in [0, 0.05) is 5.69 Å². The van der Waals surface area contributed by atoms with Gasteiger partial charge in [0.15, 0.2) is 12.3 Å². The van der Waals surface area contributed by atoms with E-state index in [9.17, 15) is 14.0 Å². The molecule has 1 aromatic heterocycles. The third-order valence-electron chi connectivity index (χ3n) is 4.07. The minimum atomic E-state index is -0.390. The Morgan fingerprint density at radius 1 is 1.00 bits per heavy atom. The monoisotopic (exact) mass is 382 g/mol. The molecule has 0 aliphatic rings. The Labute approximate surface area is 162 Å². The highest BCUT2D eigenvalue weighted by Crippen LogP contribution is 2.17. The van der Waals surface area contributed by atoms with Crippen LogP contribution in [0.2, 0.25) is 0 Å². The first-order valence-corrected chi connectivity index (χ1v) is 8.81. The molecule has 0 saturated carbocycles. The number of nitrogens with one attached hydrogen (secondary N) is 3. The first-order valence-electron chi connectivity index (χ1n) is 8.81. The van der Waals surface area contributed by atoms with Gasteiger partial charge in [-0.25, -0.2) is 4.39 Å². The van der Waals surface area contributed by atoms with E-state index in [4.69, 9.17) is 4.42 Å². The lowest BCUT2D eigenvalue weighted by Gasteiger charge is -2.14. The Morgan fingerprint density at radius 2 is 1.75 bits per heavy atom. The maximum Gasteiger partial charge on any atom is 0.279 e. The van der Waals surface area contributed by atoms with Crippen LogP contribution in [-0.4, -0.2) is 25.4 Å². The van der Waals surface area contributed by atoms with Crippen LogP contribution in [0, 0.1) is 5.82 Å². The second-order valence-corrected chi connectivity index (χ2v) is 6.44. The highest BCUT2D eigenvalue weighted by atomic mass is 19.1. The molecule has 6 nitrogen and oxygen atoms in total. The molecular formula is C21H21FN3O3+. The van der Waals surface area contributed by atoms with Crippen LogP contribution in [0.1, 0.15) is 16.1 Å². The van der Waals surface area contributed by atoms with Crippen molar-refractivity contribution in [1.29, 1.82) is 0 Å². The number of furan rings is 1. The summed E-state index contributed by atoms with van der Waals surface area (Å²) in [5.74, 6) is -0.193. The fourth-order valence-electron chi connectivity index (χ4n) is 2.76. The summed E-state index contributed by atoms with van der Waals surface area (Å²) in [7, 11) is 1.88. The van der Waals surface area contributed by atoms with Crippen molar-refractivity contribution in [1.82, 2.24) is 0 Å². The van der Waals surface area contributed by atoms with Crippen molar-refractivity contribution in [3.8, 4) is 0 Å². The fourth-order valence-corrected chi connectivity index (χ4v) is 2.76. The molecule has 0 saturated heterocycles. The molecule has 3 aromatic rings. The van der Waals surface area contributed by atoms with Gasteiger partial charge in [-0.2, -0.15) is 0 Å². The molecule has 0 aliphatic heterocycles. The van der Waals surface area contributed by atoms with Gasteiger partial charge >= 0.3 is 0 Å². The molecule has 0 bridgehead atoms. The Balaban J connectivity index is 1.63. The van der Waals surface area contributed by atoms with Crippen LogP contribution in [-0.2, 0) is 11.3 Å². The van der Waals surface area contributed by atoms with Gasteiger partial charge in [-0.3, -0.25) is 9.59 Å². The van der Waals surface area contributed by atoms with Gasteiger partial charge in [-0.05, 0) is 48.5 Å². The van der Waals surface area contributed by atoms with E-state index in [1.54, 1.807) is 36.6 Å². The third kappa shape index (κ3) is 5.28. The number of para-hydroxylation sites is 1. The molecule has 0 spiro atoms. The van der Waals surface area contributed by atoms with E-state index < -0.39 is 5.91 Å². The predicted molar refractivity (Wildman–Crippen MR) is 104 cm³/mol. The van der Waals surface area contributed by atoms with E-state index in [0.29, 0.717) is 23.5 Å². The Morgan fingerprint density at radius 3 is 2.46 bits per heavy atom. The average molecular weight is 382 g/mol. The van der Waals surface area contributed by atoms with E-state index in [1.807, 2.05) is 13.1 Å². The molecule has 3 N–H and O–H groups in total. The highest BCUT2D eigenvalue weighted by molar-refractivity contribution is 6.10. The minimum absolute atomic E-state index is 0.217. The number of rotatable bonds is 7. The van der Waals surface area contributed by atoms with Crippen LogP contribution in [0.4, 0.5) is 15.8 Å². The summed E-state index contributed by atoms with van der Waals surface area (Å²) >= 11 is 0. The van der Waals surface area contributed by atoms with Crippen LogP contribution in [0.3, 0.4) is 0 Å². The predicted octanol–water partition coefficient (Wildman–Crippen LogP) is 2.32. The number of quaternary nitrogens is 1. The third-order valence-corrected chi connectivity index (χ3v) is 4.07. The number of likely N-dealkylation sites (N-methyl/N-ethyl adjacent to an activating group) is 1. The van der Waals surface area contributed by atoms with Crippen molar-refractivity contribution in [2.45, 2.75) is 6.54 Å². The molecular weight excluding hydrogens is 361 g/mol. The second kappa shape index (κ2) is 8.96. The van der Waals surface area contributed by atoms with Crippen molar-refractivity contribution >= 4 is 23.2 Å². The Kier molecular flexibility index (Phi) is 6.18. The largest absolute Gasteiger partial charge is 0.463 e. The lowest BCUT2D eigenvalue weighted by atomic mass is 10.1. The lowest BCUT2D eigenvalue weighted by molar-refractivity contribution is -0.886. The lowest BCUT2D eigenvalue weighted by Crippen LogP contribution is -3.08. The van der Waals surface area contributed by atoms with Crippen LogP contribution >= 0.6 is 0 Å². The second-order valence-electron chi connectivity index (χ2n) is 6.44. The van der Waals surface area contributed by atoms with Gasteiger partial charge in [0.1, 0.15) is 12.4 Å². The van der Waals surface area contributed by atoms with Crippen molar-refractivity contribution < 1.29 is 23.3 Å². The van der Waals surface area contributed by atoms with Crippen LogP contribution in [0.25, 0.3) is 0 Å². The molecule has 1 atom stereocenters. The zero-order valence-corrected chi connectivity index (χ0v) is 15.4. The zero-order valence-electron chi connectivity index (χ0n) is 15.4. The summed E-state index contributed by atoms with van der Waals surface area (Å²) in [6, 6.07) is 15.9. The van der Waals surface area contributed by atoms with Crippen molar-refractivity contribution in [3.05, 3.63) is 84.1 Å². The molecule has 1 heterocycles. The molecule has 28 heavy (non-hydrogen) atoms. The first-order chi connectivity index (χ1) is 13.5. The summed E-state index contributed by atoms with van der Waals surface area (Å²) < 4.78 is 18.3. The standard InChI is InChI=1S/C21H20FN3O3/c1-25(13-17-5-4-12-28-17)14-20(26)24-19-7-3-2-6-18(19)21(27)23-16-10-8-15(22)9-11-16/h2-12H,13-14H2,1H3,(H,23,27)(H,24,26)/p+1. The summed E-state index contributed by atoms with van der Waals surface area (Å²) in [6.07, 6.45) is 1.60. The van der Waals surface area contributed by atoms with Crippen LogP contribution in [0.5, 0.6) is 0 Å². The number of carbonyl (C=O) groups is 2. The van der Waals surface area contributed by atoms with Gasteiger partial charge in [0.05, 0.1) is 24.6 Å². The van der Waals surface area contributed by atoms with E-state index >= 15 is 0 Å². The molecule has 2 aromatic carbocycles. The van der Waals surface area contributed by atoms with Gasteiger partial charge in [-0.15, -0.1) is 0 Å². The van der Waals surface area contributed by atoms with E-state index in [2.05, 4.69) is 10.6 Å². The molecule has 3 rings (SSSR count). The van der Waals surface area contributed by atoms with E-state index in [-0.39, 0.29) is 18.3 Å². The topological polar surface area (TPSA) is 75.8 Å². The average Bonchev–Trinajstić information content (AvgIpc) is 3.16. The van der Waals surface area contributed by atoms with Gasteiger partial charge in [0.25, 0.3) is 11.8 Å². The number of anilines is 2. The smallest absolute Gasteiger partial charge is 0.279 e. The van der Waals surface area contributed by atoms with Crippen LogP contribution < -0.4 is 15.5 Å². The van der Waals surface area contributed by atoms with Gasteiger partial charge < -0.3 is 20.0 Å². The molecule has 0 aliphatic carbocycles. The Bertz CT molecular complexity index is 940. The van der Waals surface area contributed by atoms with Crippen molar-refractivity contribution in [2.75, 3.05) is 24.2 Å². The number of hydrogen-bond donors (Lipinski definition) is 3. The number of benzene rings is 2. The summed E-state index contributed by atoms with van der Waals surface area (Å²) in [4.78, 5) is 25.9. The SMILES string of the molecule is C[NH+](CC(=O)Nc1ccccc1C(=O)Nc1ccc(F)cc1)Cc1ccco1. The molecule has 2 amide bonds. The van der Waals surface area contributed by atoms with Gasteiger partial charge in [-0.1, -0.05) is 12.1 Å². The number of halogens is 1. The summed E-state index contributed by atoms with van der Waals surface area (Å²) in [5.41, 5.74) is 1.21. The normalized spacial score (nSPS) is 11.6. The molecule has 1 unspecified atom stereocenters. The molecule has 0 fully saturated rings. The van der Waals surface area contributed by atoms with E-state index in [1.165, 1.54) is 24.3 Å². The maximum atomic E-state index is 13.0. The number of hydrogen-bond acceptors (Lipinski definition) is 3. The maximum absolute atomic E-state index is 13.0. The number of carbonyl (C=O) groups excluding carboxylic acids is 2. The first kappa shape index (κ1) is 19.3. The highest BCUT2D eigenvalue weighted by Gasteiger charge is 2.16. The summed E-state index contributed by atoms with van der Waals surface area (Å²) in [5, 5.41) is 5.48. The minimum Gasteiger partial charge on any atom is -0.463 e. The van der Waals surface area contributed by atoms with Crippen molar-refractivity contribution in [3.63, 3.8) is 0 Å². The van der Waals surface area contributed by atoms with Gasteiger partial charge in [0.2, 0.25) is 0 Å². The molecule has 7 heteroatoms. The van der Waals surface area contributed by atoms with Crippen molar-refractivity contribution in [2.24, 2.45) is 0 Å². The van der Waals surface area contributed by atoms with Crippen LogP contribution in [0.15, 0.2) is 71.3 Å². The number of amides is 2. The fraction of sp³-hybridized carbons (Fsp3) is 0.143. The quantitative estimate of drug-likeness (QED) is 0.587. The molecule has 0 radical (unpaired) electrons. The zero-order chi connectivity index (χ0) is 19.9. The Hall–Kier alpha value is -3.45. The molecule has 144 valence electrons.